The predicted molar refractivity (Wildman–Crippen MR) is 96.5 cm³/mol. The van der Waals surface area contributed by atoms with Crippen LogP contribution in [0.3, 0.4) is 0 Å². The molecule has 1 aliphatic rings. The van der Waals surface area contributed by atoms with Gasteiger partial charge in [0.1, 0.15) is 0 Å². The van der Waals surface area contributed by atoms with Crippen LogP contribution in [0, 0.1) is 6.92 Å². The first kappa shape index (κ1) is 17.1. The summed E-state index contributed by atoms with van der Waals surface area (Å²) in [4.78, 5) is 4.56. The maximum Gasteiger partial charge on any atom is 0.151 e. The van der Waals surface area contributed by atoms with E-state index in [1.165, 1.54) is 0 Å². The molecule has 1 atom stereocenters. The van der Waals surface area contributed by atoms with E-state index in [0.29, 0.717) is 11.6 Å². The molecule has 0 unspecified atom stereocenters. The van der Waals surface area contributed by atoms with Gasteiger partial charge in [-0.15, -0.1) is 5.10 Å². The summed E-state index contributed by atoms with van der Waals surface area (Å²) in [6.07, 6.45) is 0.520. The van der Waals surface area contributed by atoms with Crippen molar-refractivity contribution in [3.05, 3.63) is 52.7 Å². The highest BCUT2D eigenvalue weighted by molar-refractivity contribution is 6.30. The SMILES string of the molecule is Cc1ccc(N2CCCN(C[C@H](O)c3cccc(Cl)c3)CC2)nn1. The molecule has 0 aliphatic carbocycles. The molecule has 24 heavy (non-hydrogen) atoms. The van der Waals surface area contributed by atoms with E-state index in [0.717, 1.165) is 49.7 Å². The van der Waals surface area contributed by atoms with Gasteiger partial charge >= 0.3 is 0 Å². The van der Waals surface area contributed by atoms with Crippen molar-refractivity contribution in [2.24, 2.45) is 0 Å². The molecule has 6 heteroatoms. The number of nitrogens with zero attached hydrogens (tertiary/aromatic N) is 4. The zero-order valence-corrected chi connectivity index (χ0v) is 14.7. The molecule has 1 fully saturated rings. The molecule has 0 saturated carbocycles. The summed E-state index contributed by atoms with van der Waals surface area (Å²) in [5.41, 5.74) is 1.80. The lowest BCUT2D eigenvalue weighted by atomic mass is 10.1. The summed E-state index contributed by atoms with van der Waals surface area (Å²) < 4.78 is 0. The first-order valence-electron chi connectivity index (χ1n) is 8.33. The quantitative estimate of drug-likeness (QED) is 0.922. The van der Waals surface area contributed by atoms with Crippen LogP contribution in [0.1, 0.15) is 23.8 Å². The van der Waals surface area contributed by atoms with E-state index in [-0.39, 0.29) is 0 Å². The number of rotatable bonds is 4. The Hall–Kier alpha value is -1.69. The fourth-order valence-electron chi connectivity index (χ4n) is 3.01. The standard InChI is InChI=1S/C18H23ClN4O/c1-14-6-7-18(21-20-14)23-9-3-8-22(10-11-23)13-17(24)15-4-2-5-16(19)12-15/h2,4-7,12,17,24H,3,8-11,13H2,1H3/t17-/m0/s1. The number of aliphatic hydroxyl groups excluding tert-OH is 1. The maximum atomic E-state index is 10.5. The number of anilines is 1. The number of hydrogen-bond acceptors (Lipinski definition) is 5. The van der Waals surface area contributed by atoms with Gasteiger partial charge in [-0.05, 0) is 43.2 Å². The highest BCUT2D eigenvalue weighted by Gasteiger charge is 2.19. The summed E-state index contributed by atoms with van der Waals surface area (Å²) in [6, 6.07) is 11.5. The van der Waals surface area contributed by atoms with Gasteiger partial charge in [-0.2, -0.15) is 5.10 Å². The van der Waals surface area contributed by atoms with Crippen LogP contribution in [0.2, 0.25) is 5.02 Å². The highest BCUT2D eigenvalue weighted by Crippen LogP contribution is 2.20. The lowest BCUT2D eigenvalue weighted by molar-refractivity contribution is 0.117. The molecule has 0 radical (unpaired) electrons. The van der Waals surface area contributed by atoms with Crippen molar-refractivity contribution in [3.63, 3.8) is 0 Å². The van der Waals surface area contributed by atoms with Crippen LogP contribution in [-0.2, 0) is 0 Å². The first-order valence-corrected chi connectivity index (χ1v) is 8.71. The van der Waals surface area contributed by atoms with Crippen molar-refractivity contribution >= 4 is 17.4 Å². The first-order chi connectivity index (χ1) is 11.6. The van der Waals surface area contributed by atoms with E-state index in [2.05, 4.69) is 20.0 Å². The smallest absolute Gasteiger partial charge is 0.151 e. The average molecular weight is 347 g/mol. The number of benzene rings is 1. The summed E-state index contributed by atoms with van der Waals surface area (Å²) in [6.45, 7) is 6.27. The summed E-state index contributed by atoms with van der Waals surface area (Å²) in [7, 11) is 0. The molecule has 5 nitrogen and oxygen atoms in total. The summed E-state index contributed by atoms with van der Waals surface area (Å²) in [5, 5.41) is 19.5. The van der Waals surface area contributed by atoms with E-state index in [1.54, 1.807) is 0 Å². The van der Waals surface area contributed by atoms with Gasteiger partial charge < -0.3 is 10.0 Å². The topological polar surface area (TPSA) is 52.5 Å². The van der Waals surface area contributed by atoms with Crippen molar-refractivity contribution < 1.29 is 5.11 Å². The van der Waals surface area contributed by atoms with Gasteiger partial charge in [0.2, 0.25) is 0 Å². The zero-order chi connectivity index (χ0) is 16.9. The van der Waals surface area contributed by atoms with Gasteiger partial charge in [0.05, 0.1) is 11.8 Å². The van der Waals surface area contributed by atoms with Gasteiger partial charge in [-0.1, -0.05) is 23.7 Å². The lowest BCUT2D eigenvalue weighted by Crippen LogP contribution is -2.33. The molecule has 2 aromatic rings. The number of aryl methyl sites for hydroxylation is 1. The Morgan fingerprint density at radius 1 is 1.12 bits per heavy atom. The highest BCUT2D eigenvalue weighted by atomic mass is 35.5. The van der Waals surface area contributed by atoms with Crippen LogP contribution in [0.5, 0.6) is 0 Å². The number of hydrogen-bond donors (Lipinski definition) is 1. The fourth-order valence-corrected chi connectivity index (χ4v) is 3.21. The van der Waals surface area contributed by atoms with Crippen LogP contribution in [0.15, 0.2) is 36.4 Å². The van der Waals surface area contributed by atoms with Gasteiger partial charge in [0, 0.05) is 37.7 Å². The van der Waals surface area contributed by atoms with E-state index in [9.17, 15) is 5.11 Å². The Morgan fingerprint density at radius 3 is 2.75 bits per heavy atom. The molecule has 0 bridgehead atoms. The van der Waals surface area contributed by atoms with Gasteiger partial charge in [0.25, 0.3) is 0 Å². The normalized spacial score (nSPS) is 17.5. The van der Waals surface area contributed by atoms with E-state index >= 15 is 0 Å². The molecule has 2 heterocycles. The van der Waals surface area contributed by atoms with Gasteiger partial charge in [0.15, 0.2) is 5.82 Å². The third kappa shape index (κ3) is 4.44. The molecule has 0 spiro atoms. The molecule has 3 rings (SSSR count). The molecule has 128 valence electrons. The Morgan fingerprint density at radius 2 is 2.00 bits per heavy atom. The second-order valence-electron chi connectivity index (χ2n) is 6.24. The Labute approximate surface area is 147 Å². The second-order valence-corrected chi connectivity index (χ2v) is 6.68. The Kier molecular flexibility index (Phi) is 5.66. The minimum atomic E-state index is -0.519. The van der Waals surface area contributed by atoms with E-state index < -0.39 is 6.10 Å². The molecule has 1 aromatic heterocycles. The fraction of sp³-hybridized carbons (Fsp3) is 0.444. The molecular formula is C18H23ClN4O. The van der Waals surface area contributed by atoms with Crippen molar-refractivity contribution in [1.29, 1.82) is 0 Å². The molecule has 0 amide bonds. The molecule has 1 saturated heterocycles. The average Bonchev–Trinajstić information content (AvgIpc) is 2.81. The van der Waals surface area contributed by atoms with Crippen molar-refractivity contribution in [2.45, 2.75) is 19.4 Å². The Bertz CT molecular complexity index is 664. The third-order valence-corrected chi connectivity index (χ3v) is 4.60. The molecule has 1 aliphatic heterocycles. The second kappa shape index (κ2) is 7.92. The number of halogens is 1. The van der Waals surface area contributed by atoms with Crippen molar-refractivity contribution in [2.75, 3.05) is 37.6 Å². The van der Waals surface area contributed by atoms with Gasteiger partial charge in [-0.25, -0.2) is 0 Å². The minimum absolute atomic E-state index is 0.519. The summed E-state index contributed by atoms with van der Waals surface area (Å²) >= 11 is 6.01. The minimum Gasteiger partial charge on any atom is -0.387 e. The van der Waals surface area contributed by atoms with E-state index in [4.69, 9.17) is 11.6 Å². The van der Waals surface area contributed by atoms with Crippen LogP contribution in [0.25, 0.3) is 0 Å². The number of β-amino-alcohol motifs (C(OH)–C–C–N with tert-alkyl or cyclic N) is 1. The third-order valence-electron chi connectivity index (χ3n) is 4.36. The number of aromatic nitrogens is 2. The zero-order valence-electron chi connectivity index (χ0n) is 13.9. The number of aliphatic hydroxyl groups is 1. The van der Waals surface area contributed by atoms with Crippen LogP contribution in [0.4, 0.5) is 5.82 Å². The van der Waals surface area contributed by atoms with Gasteiger partial charge in [-0.3, -0.25) is 4.90 Å². The van der Waals surface area contributed by atoms with Crippen molar-refractivity contribution in [1.82, 2.24) is 15.1 Å². The lowest BCUT2D eigenvalue weighted by Gasteiger charge is -2.24. The summed E-state index contributed by atoms with van der Waals surface area (Å²) in [5.74, 6) is 0.929. The Balaban J connectivity index is 1.58. The van der Waals surface area contributed by atoms with Crippen molar-refractivity contribution in [3.8, 4) is 0 Å². The monoisotopic (exact) mass is 346 g/mol. The molecule has 1 aromatic carbocycles. The maximum absolute atomic E-state index is 10.5. The molecular weight excluding hydrogens is 324 g/mol. The predicted octanol–water partition coefficient (Wildman–Crippen LogP) is 2.68. The van der Waals surface area contributed by atoms with Crippen LogP contribution < -0.4 is 4.90 Å². The van der Waals surface area contributed by atoms with E-state index in [1.807, 2.05) is 43.3 Å². The van der Waals surface area contributed by atoms with Crippen LogP contribution >= 0.6 is 11.6 Å². The largest absolute Gasteiger partial charge is 0.387 e. The molecule has 1 N–H and O–H groups in total. The van der Waals surface area contributed by atoms with Crippen LogP contribution in [-0.4, -0.2) is 52.9 Å².